The second-order valence-electron chi connectivity index (χ2n) is 3.86. The van der Waals surface area contributed by atoms with Crippen LogP contribution in [0.1, 0.15) is 0 Å². The van der Waals surface area contributed by atoms with E-state index in [9.17, 15) is 10.2 Å². The summed E-state index contributed by atoms with van der Waals surface area (Å²) in [5.41, 5.74) is 1.04. The van der Waals surface area contributed by atoms with Crippen LogP contribution in [0.25, 0.3) is 22.8 Å². The Morgan fingerprint density at radius 3 is 2.58 bits per heavy atom. The van der Waals surface area contributed by atoms with Gasteiger partial charge in [-0.15, -0.1) is 0 Å². The van der Waals surface area contributed by atoms with Gasteiger partial charge in [0.25, 0.3) is 5.89 Å². The third-order valence-electron chi connectivity index (χ3n) is 2.58. The standard InChI is InChI=1S/C13H9N3O3/c17-9-1-2-11(18)10(7-9)13-15-12(16-19-13)8-3-5-14-6-4-8/h1-7,17-18H. The molecule has 1 aromatic carbocycles. The first-order valence-electron chi connectivity index (χ1n) is 5.50. The molecule has 0 spiro atoms. The molecule has 0 saturated heterocycles. The fourth-order valence-corrected chi connectivity index (χ4v) is 1.65. The lowest BCUT2D eigenvalue weighted by atomic mass is 10.2. The smallest absolute Gasteiger partial charge is 0.262 e. The first-order chi connectivity index (χ1) is 9.24. The summed E-state index contributed by atoms with van der Waals surface area (Å²) in [5.74, 6) is 0.500. The van der Waals surface area contributed by atoms with E-state index in [4.69, 9.17) is 4.52 Å². The van der Waals surface area contributed by atoms with E-state index in [1.807, 2.05) is 0 Å². The van der Waals surface area contributed by atoms with Gasteiger partial charge in [0.1, 0.15) is 11.5 Å². The van der Waals surface area contributed by atoms with E-state index < -0.39 is 0 Å². The van der Waals surface area contributed by atoms with Crippen LogP contribution in [-0.2, 0) is 0 Å². The van der Waals surface area contributed by atoms with Crippen molar-refractivity contribution in [1.82, 2.24) is 15.1 Å². The molecule has 0 fully saturated rings. The van der Waals surface area contributed by atoms with Crippen LogP contribution in [0.3, 0.4) is 0 Å². The highest BCUT2D eigenvalue weighted by Gasteiger charge is 2.14. The first-order valence-corrected chi connectivity index (χ1v) is 5.50. The van der Waals surface area contributed by atoms with Crippen molar-refractivity contribution in [2.75, 3.05) is 0 Å². The molecule has 3 rings (SSSR count). The number of hydrogen-bond acceptors (Lipinski definition) is 6. The summed E-state index contributed by atoms with van der Waals surface area (Å²) in [5, 5.41) is 23.0. The highest BCUT2D eigenvalue weighted by Crippen LogP contribution is 2.32. The molecule has 0 aliphatic rings. The summed E-state index contributed by atoms with van der Waals surface area (Å²) in [7, 11) is 0. The van der Waals surface area contributed by atoms with Crippen LogP contribution in [0, 0.1) is 0 Å². The minimum Gasteiger partial charge on any atom is -0.508 e. The molecule has 0 aliphatic heterocycles. The van der Waals surface area contributed by atoms with Crippen molar-refractivity contribution in [3.8, 4) is 34.3 Å². The maximum Gasteiger partial charge on any atom is 0.262 e. The average molecular weight is 255 g/mol. The largest absolute Gasteiger partial charge is 0.508 e. The average Bonchev–Trinajstić information content (AvgIpc) is 2.92. The van der Waals surface area contributed by atoms with E-state index in [0.29, 0.717) is 5.82 Å². The van der Waals surface area contributed by atoms with E-state index in [1.54, 1.807) is 24.5 Å². The first kappa shape index (κ1) is 11.2. The molecule has 2 heterocycles. The van der Waals surface area contributed by atoms with Gasteiger partial charge in [-0.1, -0.05) is 5.16 Å². The highest BCUT2D eigenvalue weighted by molar-refractivity contribution is 5.66. The van der Waals surface area contributed by atoms with Gasteiger partial charge in [-0.3, -0.25) is 4.98 Å². The second kappa shape index (κ2) is 4.41. The molecule has 2 N–H and O–H groups in total. The number of phenolic OH excluding ortho intramolecular Hbond substituents is 2. The zero-order chi connectivity index (χ0) is 13.2. The fourth-order valence-electron chi connectivity index (χ4n) is 1.65. The van der Waals surface area contributed by atoms with Crippen molar-refractivity contribution in [2.45, 2.75) is 0 Å². The van der Waals surface area contributed by atoms with Gasteiger partial charge in [-0.2, -0.15) is 4.98 Å². The molecule has 6 nitrogen and oxygen atoms in total. The predicted molar refractivity (Wildman–Crippen MR) is 66.3 cm³/mol. The molecule has 0 amide bonds. The van der Waals surface area contributed by atoms with Crippen molar-refractivity contribution < 1.29 is 14.7 Å². The van der Waals surface area contributed by atoms with Crippen LogP contribution in [0.15, 0.2) is 47.2 Å². The van der Waals surface area contributed by atoms with E-state index >= 15 is 0 Å². The summed E-state index contributed by atoms with van der Waals surface area (Å²) in [6.07, 6.45) is 3.24. The number of benzene rings is 1. The Morgan fingerprint density at radius 2 is 1.79 bits per heavy atom. The van der Waals surface area contributed by atoms with Crippen molar-refractivity contribution >= 4 is 0 Å². The molecule has 3 aromatic rings. The summed E-state index contributed by atoms with van der Waals surface area (Å²) in [4.78, 5) is 8.08. The SMILES string of the molecule is Oc1ccc(O)c(-c2nc(-c3ccncc3)no2)c1. The van der Waals surface area contributed by atoms with Crippen LogP contribution in [-0.4, -0.2) is 25.3 Å². The molecule has 0 atom stereocenters. The number of aromatic nitrogens is 3. The van der Waals surface area contributed by atoms with Crippen LogP contribution < -0.4 is 0 Å². The van der Waals surface area contributed by atoms with Crippen LogP contribution >= 0.6 is 0 Å². The summed E-state index contributed by atoms with van der Waals surface area (Å²) < 4.78 is 5.09. The Kier molecular flexibility index (Phi) is 2.60. The van der Waals surface area contributed by atoms with E-state index in [2.05, 4.69) is 15.1 Å². The maximum atomic E-state index is 9.72. The third-order valence-corrected chi connectivity index (χ3v) is 2.58. The van der Waals surface area contributed by atoms with Gasteiger partial charge >= 0.3 is 0 Å². The van der Waals surface area contributed by atoms with Gasteiger partial charge in [0.2, 0.25) is 5.82 Å². The Morgan fingerprint density at radius 1 is 1.00 bits per heavy atom. The normalized spacial score (nSPS) is 10.5. The minimum absolute atomic E-state index is 0.0106. The van der Waals surface area contributed by atoms with Gasteiger partial charge in [-0.25, -0.2) is 0 Å². The molecule has 2 aromatic heterocycles. The van der Waals surface area contributed by atoms with Crippen molar-refractivity contribution in [3.63, 3.8) is 0 Å². The maximum absolute atomic E-state index is 9.72. The molecule has 0 saturated carbocycles. The summed E-state index contributed by atoms with van der Waals surface area (Å²) in [6.45, 7) is 0. The van der Waals surface area contributed by atoms with Gasteiger partial charge < -0.3 is 14.7 Å². The minimum atomic E-state index is -0.0391. The number of phenols is 2. The second-order valence-corrected chi connectivity index (χ2v) is 3.86. The van der Waals surface area contributed by atoms with Crippen LogP contribution in [0.4, 0.5) is 0 Å². The number of nitrogens with zero attached hydrogens (tertiary/aromatic N) is 3. The molecule has 6 heteroatoms. The van der Waals surface area contributed by atoms with Crippen LogP contribution in [0.5, 0.6) is 11.5 Å². The summed E-state index contributed by atoms with van der Waals surface area (Å²) >= 11 is 0. The fraction of sp³-hybridized carbons (Fsp3) is 0. The lowest BCUT2D eigenvalue weighted by molar-refractivity contribution is 0.423. The van der Waals surface area contributed by atoms with Crippen molar-refractivity contribution in [1.29, 1.82) is 0 Å². The Hall–Kier alpha value is -2.89. The quantitative estimate of drug-likeness (QED) is 0.682. The Balaban J connectivity index is 2.04. The molecule has 0 unspecified atom stereocenters. The zero-order valence-electron chi connectivity index (χ0n) is 9.69. The topological polar surface area (TPSA) is 92.3 Å². The predicted octanol–water partition coefficient (Wildman–Crippen LogP) is 2.21. The Labute approximate surface area is 108 Å². The van der Waals surface area contributed by atoms with Gasteiger partial charge in [0.15, 0.2) is 0 Å². The molecule has 0 radical (unpaired) electrons. The monoisotopic (exact) mass is 255 g/mol. The van der Waals surface area contributed by atoms with Crippen molar-refractivity contribution in [2.24, 2.45) is 0 Å². The lowest BCUT2D eigenvalue weighted by Gasteiger charge is -1.99. The molecule has 19 heavy (non-hydrogen) atoms. The van der Waals surface area contributed by atoms with Gasteiger partial charge in [0.05, 0.1) is 5.56 Å². The van der Waals surface area contributed by atoms with Gasteiger partial charge in [-0.05, 0) is 30.3 Å². The number of aromatic hydroxyl groups is 2. The zero-order valence-corrected chi connectivity index (χ0v) is 9.69. The van der Waals surface area contributed by atoms with Gasteiger partial charge in [0, 0.05) is 18.0 Å². The third kappa shape index (κ3) is 2.11. The number of hydrogen-bond donors (Lipinski definition) is 2. The van der Waals surface area contributed by atoms with Crippen molar-refractivity contribution in [3.05, 3.63) is 42.7 Å². The summed E-state index contributed by atoms with van der Waals surface area (Å²) in [6, 6.07) is 7.59. The molecular weight excluding hydrogens is 246 g/mol. The molecular formula is C13H9N3O3. The molecule has 94 valence electrons. The van der Waals surface area contributed by atoms with E-state index in [0.717, 1.165) is 5.56 Å². The van der Waals surface area contributed by atoms with E-state index in [-0.39, 0.29) is 23.0 Å². The molecule has 0 aliphatic carbocycles. The lowest BCUT2D eigenvalue weighted by Crippen LogP contribution is -1.82. The number of pyridine rings is 1. The molecule has 0 bridgehead atoms. The van der Waals surface area contributed by atoms with E-state index in [1.165, 1.54) is 18.2 Å². The Bertz CT molecular complexity index is 710. The highest BCUT2D eigenvalue weighted by atomic mass is 16.5. The number of rotatable bonds is 2. The van der Waals surface area contributed by atoms with Crippen LogP contribution in [0.2, 0.25) is 0 Å².